The fourth-order valence-corrected chi connectivity index (χ4v) is 2.48. The Morgan fingerprint density at radius 3 is 2.19 bits per heavy atom. The molecule has 0 bridgehead atoms. The van der Waals surface area contributed by atoms with E-state index in [1.54, 1.807) is 0 Å². The van der Waals surface area contributed by atoms with Crippen molar-refractivity contribution >= 4 is 6.09 Å². The Bertz CT molecular complexity index is 283. The molecule has 126 valence electrons. The lowest BCUT2D eigenvalue weighted by molar-refractivity contribution is 0.0523. The molecule has 0 radical (unpaired) electrons. The molecular formula is C17H36N2O2. The van der Waals surface area contributed by atoms with E-state index in [0.717, 1.165) is 26.1 Å². The van der Waals surface area contributed by atoms with Crippen LogP contribution in [0.2, 0.25) is 0 Å². The minimum absolute atomic E-state index is 0.313. The highest BCUT2D eigenvalue weighted by molar-refractivity contribution is 5.67. The lowest BCUT2D eigenvalue weighted by atomic mass is 9.88. The summed E-state index contributed by atoms with van der Waals surface area (Å²) < 4.78 is 5.25. The molecule has 4 heteroatoms. The van der Waals surface area contributed by atoms with Crippen LogP contribution in [-0.2, 0) is 4.74 Å². The summed E-state index contributed by atoms with van der Waals surface area (Å²) in [5.41, 5.74) is -0.426. The van der Waals surface area contributed by atoms with Crippen molar-refractivity contribution in [2.24, 2.45) is 11.8 Å². The highest BCUT2D eigenvalue weighted by Gasteiger charge is 2.19. The number of nitrogens with one attached hydrogen (secondary N) is 1. The van der Waals surface area contributed by atoms with Crippen molar-refractivity contribution in [2.45, 2.75) is 66.9 Å². The number of amides is 1. The van der Waals surface area contributed by atoms with Gasteiger partial charge in [-0.05, 0) is 52.1 Å². The van der Waals surface area contributed by atoms with Crippen molar-refractivity contribution in [3.63, 3.8) is 0 Å². The fourth-order valence-electron chi connectivity index (χ4n) is 2.48. The molecule has 0 aliphatic rings. The molecule has 21 heavy (non-hydrogen) atoms. The molecule has 0 aromatic heterocycles. The molecule has 0 saturated heterocycles. The van der Waals surface area contributed by atoms with Crippen LogP contribution in [0.25, 0.3) is 0 Å². The number of ether oxygens (including phenoxy) is 1. The summed E-state index contributed by atoms with van der Waals surface area (Å²) in [6, 6.07) is 0. The minimum atomic E-state index is -0.426. The fraction of sp³-hybridized carbons (Fsp3) is 0.941. The van der Waals surface area contributed by atoms with Crippen molar-refractivity contribution in [1.29, 1.82) is 0 Å². The van der Waals surface area contributed by atoms with Crippen molar-refractivity contribution in [3.8, 4) is 0 Å². The van der Waals surface area contributed by atoms with E-state index >= 15 is 0 Å². The maximum Gasteiger partial charge on any atom is 0.407 e. The molecule has 0 saturated carbocycles. The van der Waals surface area contributed by atoms with E-state index in [0.29, 0.717) is 18.4 Å². The second-order valence-corrected chi connectivity index (χ2v) is 6.85. The van der Waals surface area contributed by atoms with Gasteiger partial charge in [0.05, 0.1) is 0 Å². The number of alkyl carbamates (subject to hydrolysis) is 1. The van der Waals surface area contributed by atoms with Crippen LogP contribution >= 0.6 is 0 Å². The number of carbonyl (C=O) groups is 1. The van der Waals surface area contributed by atoms with Gasteiger partial charge in [0.1, 0.15) is 5.60 Å². The van der Waals surface area contributed by atoms with Gasteiger partial charge in [0, 0.05) is 13.1 Å². The predicted octanol–water partition coefficient (Wildman–Crippen LogP) is 3.91. The van der Waals surface area contributed by atoms with E-state index in [1.165, 1.54) is 6.42 Å². The van der Waals surface area contributed by atoms with E-state index < -0.39 is 5.60 Å². The summed E-state index contributed by atoms with van der Waals surface area (Å²) in [6.45, 7) is 18.7. The first-order chi connectivity index (χ1) is 9.73. The first kappa shape index (κ1) is 20.2. The monoisotopic (exact) mass is 300 g/mol. The van der Waals surface area contributed by atoms with E-state index in [-0.39, 0.29) is 6.09 Å². The van der Waals surface area contributed by atoms with Crippen molar-refractivity contribution in [2.75, 3.05) is 26.2 Å². The van der Waals surface area contributed by atoms with Gasteiger partial charge in [0.2, 0.25) is 0 Å². The van der Waals surface area contributed by atoms with Crippen LogP contribution in [0, 0.1) is 11.8 Å². The average Bonchev–Trinajstić information content (AvgIpc) is 2.38. The zero-order valence-electron chi connectivity index (χ0n) is 15.2. The summed E-state index contributed by atoms with van der Waals surface area (Å²) in [5.74, 6) is 1.29. The molecular weight excluding hydrogens is 264 g/mol. The third-order valence-electron chi connectivity index (χ3n) is 3.98. The van der Waals surface area contributed by atoms with Gasteiger partial charge < -0.3 is 15.0 Å². The predicted molar refractivity (Wildman–Crippen MR) is 89.6 cm³/mol. The average molecular weight is 300 g/mol. The number of rotatable bonds is 9. The van der Waals surface area contributed by atoms with Crippen LogP contribution in [0.15, 0.2) is 0 Å². The molecule has 0 fully saturated rings. The van der Waals surface area contributed by atoms with E-state index in [1.807, 2.05) is 20.8 Å². The SMILES string of the molecule is CCC(CN(CC)CC)C(C)CCNC(=O)OC(C)(C)C. The quantitative estimate of drug-likeness (QED) is 0.702. The number of hydrogen-bond donors (Lipinski definition) is 1. The van der Waals surface area contributed by atoms with Crippen LogP contribution in [0.1, 0.15) is 61.3 Å². The Morgan fingerprint density at radius 2 is 1.76 bits per heavy atom. The summed E-state index contributed by atoms with van der Waals surface area (Å²) in [5, 5.41) is 2.86. The Kier molecular flexibility index (Phi) is 9.67. The maximum absolute atomic E-state index is 11.6. The summed E-state index contributed by atoms with van der Waals surface area (Å²) in [4.78, 5) is 14.1. The van der Waals surface area contributed by atoms with Gasteiger partial charge in [-0.15, -0.1) is 0 Å². The van der Waals surface area contributed by atoms with Crippen LogP contribution in [0.4, 0.5) is 4.79 Å². The molecule has 1 amide bonds. The number of carbonyl (C=O) groups excluding carboxylic acids is 1. The highest BCUT2D eigenvalue weighted by atomic mass is 16.6. The highest BCUT2D eigenvalue weighted by Crippen LogP contribution is 2.20. The van der Waals surface area contributed by atoms with Crippen molar-refractivity contribution in [1.82, 2.24) is 10.2 Å². The zero-order valence-corrected chi connectivity index (χ0v) is 15.2. The first-order valence-electron chi connectivity index (χ1n) is 8.42. The minimum Gasteiger partial charge on any atom is -0.444 e. The third kappa shape index (κ3) is 9.72. The number of hydrogen-bond acceptors (Lipinski definition) is 3. The van der Waals surface area contributed by atoms with Crippen LogP contribution in [-0.4, -0.2) is 42.8 Å². The molecule has 4 nitrogen and oxygen atoms in total. The molecule has 0 heterocycles. The van der Waals surface area contributed by atoms with Crippen LogP contribution < -0.4 is 5.32 Å². The maximum atomic E-state index is 11.6. The Labute approximate surface area is 131 Å². The molecule has 0 aliphatic carbocycles. The smallest absolute Gasteiger partial charge is 0.407 e. The second-order valence-electron chi connectivity index (χ2n) is 6.85. The Hall–Kier alpha value is -0.770. The normalized spacial score (nSPS) is 14.9. The second kappa shape index (κ2) is 10.0. The molecule has 0 rings (SSSR count). The lowest BCUT2D eigenvalue weighted by Gasteiger charge is -2.29. The summed E-state index contributed by atoms with van der Waals surface area (Å²) in [7, 11) is 0. The van der Waals surface area contributed by atoms with E-state index in [9.17, 15) is 4.79 Å². The molecule has 1 N–H and O–H groups in total. The topological polar surface area (TPSA) is 41.6 Å². The van der Waals surface area contributed by atoms with Gasteiger partial charge in [-0.25, -0.2) is 4.79 Å². The Morgan fingerprint density at radius 1 is 1.19 bits per heavy atom. The van der Waals surface area contributed by atoms with Gasteiger partial charge >= 0.3 is 6.09 Å². The lowest BCUT2D eigenvalue weighted by Crippen LogP contribution is -2.35. The summed E-state index contributed by atoms with van der Waals surface area (Å²) >= 11 is 0. The third-order valence-corrected chi connectivity index (χ3v) is 3.98. The zero-order chi connectivity index (χ0) is 16.5. The number of nitrogens with zero attached hydrogens (tertiary/aromatic N) is 1. The molecule has 2 unspecified atom stereocenters. The summed E-state index contributed by atoms with van der Waals surface area (Å²) in [6.07, 6.45) is 1.87. The van der Waals surface area contributed by atoms with Crippen LogP contribution in [0.5, 0.6) is 0 Å². The standard InChI is InChI=1S/C17H36N2O2/c1-8-15(13-19(9-2)10-3)14(4)11-12-18-16(20)21-17(5,6)7/h14-15H,8-13H2,1-7H3,(H,18,20). The molecule has 0 aliphatic heterocycles. The van der Waals surface area contributed by atoms with Gasteiger partial charge in [-0.2, -0.15) is 0 Å². The Balaban J connectivity index is 4.10. The van der Waals surface area contributed by atoms with Gasteiger partial charge in [-0.1, -0.05) is 34.1 Å². The van der Waals surface area contributed by atoms with Crippen molar-refractivity contribution in [3.05, 3.63) is 0 Å². The van der Waals surface area contributed by atoms with Crippen molar-refractivity contribution < 1.29 is 9.53 Å². The molecule has 0 aromatic rings. The van der Waals surface area contributed by atoms with E-state index in [2.05, 4.69) is 37.9 Å². The van der Waals surface area contributed by atoms with Gasteiger partial charge in [0.15, 0.2) is 0 Å². The largest absolute Gasteiger partial charge is 0.444 e. The van der Waals surface area contributed by atoms with E-state index in [4.69, 9.17) is 4.74 Å². The molecule has 0 spiro atoms. The van der Waals surface area contributed by atoms with Crippen LogP contribution in [0.3, 0.4) is 0 Å². The molecule has 2 atom stereocenters. The van der Waals surface area contributed by atoms with Gasteiger partial charge in [0.25, 0.3) is 0 Å². The molecule has 0 aromatic carbocycles. The first-order valence-corrected chi connectivity index (χ1v) is 8.42. The van der Waals surface area contributed by atoms with Gasteiger partial charge in [-0.3, -0.25) is 0 Å².